The monoisotopic (exact) mass is 344 g/mol. The first kappa shape index (κ1) is 17.0. The summed E-state index contributed by atoms with van der Waals surface area (Å²) in [6.45, 7) is 6.66. The van der Waals surface area contributed by atoms with Crippen LogP contribution in [0.15, 0.2) is 35.5 Å². The van der Waals surface area contributed by atoms with Crippen molar-refractivity contribution < 1.29 is 4.79 Å². The molecule has 1 aliphatic rings. The molecule has 1 aromatic heterocycles. The summed E-state index contributed by atoms with van der Waals surface area (Å²) in [5.74, 6) is 2.03. The van der Waals surface area contributed by atoms with Crippen LogP contribution in [0.5, 0.6) is 0 Å². The summed E-state index contributed by atoms with van der Waals surface area (Å²) in [7, 11) is 0. The molecule has 0 unspecified atom stereocenters. The highest BCUT2D eigenvalue weighted by atomic mass is 32.2. The first-order chi connectivity index (χ1) is 11.7. The van der Waals surface area contributed by atoms with E-state index in [1.165, 1.54) is 10.5 Å². The van der Waals surface area contributed by atoms with Crippen LogP contribution in [0.4, 0.5) is 0 Å². The summed E-state index contributed by atoms with van der Waals surface area (Å²) < 4.78 is 2.08. The van der Waals surface area contributed by atoms with Gasteiger partial charge >= 0.3 is 0 Å². The molecule has 6 heteroatoms. The maximum absolute atomic E-state index is 12.6. The summed E-state index contributed by atoms with van der Waals surface area (Å²) in [6, 6.07) is 8.21. The van der Waals surface area contributed by atoms with E-state index in [4.69, 9.17) is 0 Å². The fourth-order valence-electron chi connectivity index (χ4n) is 3.19. The lowest BCUT2D eigenvalue weighted by atomic mass is 9.97. The predicted molar refractivity (Wildman–Crippen MR) is 96.2 cm³/mol. The van der Waals surface area contributed by atoms with Crippen molar-refractivity contribution in [3.8, 4) is 0 Å². The van der Waals surface area contributed by atoms with Crippen LogP contribution in [-0.2, 0) is 11.3 Å². The Morgan fingerprint density at radius 2 is 2.21 bits per heavy atom. The zero-order valence-electron chi connectivity index (χ0n) is 14.3. The van der Waals surface area contributed by atoms with Gasteiger partial charge in [0.1, 0.15) is 12.2 Å². The highest BCUT2D eigenvalue weighted by molar-refractivity contribution is 8.00. The van der Waals surface area contributed by atoms with Crippen molar-refractivity contribution in [1.29, 1.82) is 0 Å². The number of amides is 1. The van der Waals surface area contributed by atoms with Gasteiger partial charge in [0.25, 0.3) is 0 Å². The van der Waals surface area contributed by atoms with E-state index in [9.17, 15) is 4.79 Å². The van der Waals surface area contributed by atoms with Gasteiger partial charge in [-0.1, -0.05) is 18.2 Å². The Labute approximate surface area is 147 Å². The van der Waals surface area contributed by atoms with E-state index in [0.717, 1.165) is 38.3 Å². The number of hydrogen-bond donors (Lipinski definition) is 0. The number of piperidine rings is 1. The van der Waals surface area contributed by atoms with Gasteiger partial charge in [0.15, 0.2) is 0 Å². The minimum absolute atomic E-state index is 0.218. The third kappa shape index (κ3) is 3.80. The summed E-state index contributed by atoms with van der Waals surface area (Å²) in [6.07, 6.45) is 3.89. The quantitative estimate of drug-likeness (QED) is 0.782. The van der Waals surface area contributed by atoms with E-state index < -0.39 is 0 Å². The second kappa shape index (κ2) is 7.83. The van der Waals surface area contributed by atoms with Crippen LogP contribution in [0.25, 0.3) is 0 Å². The number of rotatable bonds is 5. The van der Waals surface area contributed by atoms with Crippen LogP contribution >= 0.6 is 11.8 Å². The summed E-state index contributed by atoms with van der Waals surface area (Å²) in [5, 5.41) is 8.31. The average molecular weight is 344 g/mol. The topological polar surface area (TPSA) is 51.0 Å². The smallest absolute Gasteiger partial charge is 0.232 e. The number of thioether (sulfide) groups is 1. The van der Waals surface area contributed by atoms with E-state index >= 15 is 0 Å². The lowest BCUT2D eigenvalue weighted by Crippen LogP contribution is -2.40. The largest absolute Gasteiger partial charge is 0.341 e. The second-order valence-electron chi connectivity index (χ2n) is 6.21. The Morgan fingerprint density at radius 3 is 3.00 bits per heavy atom. The number of carbonyl (C=O) groups is 1. The molecule has 0 aliphatic carbocycles. The molecule has 0 N–H and O–H groups in total. The van der Waals surface area contributed by atoms with E-state index in [2.05, 4.69) is 40.7 Å². The molecule has 1 aromatic carbocycles. The minimum Gasteiger partial charge on any atom is -0.341 e. The molecule has 0 saturated carbocycles. The molecule has 1 fully saturated rings. The lowest BCUT2D eigenvalue weighted by Gasteiger charge is -2.32. The maximum Gasteiger partial charge on any atom is 0.232 e. The third-order valence-corrected chi connectivity index (χ3v) is 5.73. The van der Waals surface area contributed by atoms with E-state index in [1.54, 1.807) is 18.1 Å². The Kier molecular flexibility index (Phi) is 5.56. The van der Waals surface area contributed by atoms with Crippen LogP contribution < -0.4 is 0 Å². The van der Waals surface area contributed by atoms with Gasteiger partial charge in [-0.3, -0.25) is 4.79 Å². The van der Waals surface area contributed by atoms with E-state index in [0.29, 0.717) is 11.7 Å². The van der Waals surface area contributed by atoms with Crippen molar-refractivity contribution in [2.75, 3.05) is 18.8 Å². The van der Waals surface area contributed by atoms with Gasteiger partial charge < -0.3 is 9.47 Å². The molecule has 2 aromatic rings. The average Bonchev–Trinajstić information content (AvgIpc) is 3.09. The standard InChI is InChI=1S/C18H24N4OS/c1-3-21-13-19-20-18(21)15-8-6-10-22(11-15)17(23)12-24-16-9-5-4-7-14(16)2/h4-5,7,9,13,15H,3,6,8,10-12H2,1-2H3/t15-/m0/s1. The molecule has 0 radical (unpaired) electrons. The molecule has 5 nitrogen and oxygen atoms in total. The number of carbonyl (C=O) groups excluding carboxylic acids is 1. The Hall–Kier alpha value is -1.82. The fourth-order valence-corrected chi connectivity index (χ4v) is 4.12. The molecular formula is C18H24N4OS. The first-order valence-electron chi connectivity index (χ1n) is 8.53. The van der Waals surface area contributed by atoms with Gasteiger partial charge in [-0.2, -0.15) is 0 Å². The molecular weight excluding hydrogens is 320 g/mol. The summed E-state index contributed by atoms with van der Waals surface area (Å²) in [4.78, 5) is 15.8. The third-order valence-electron chi connectivity index (χ3n) is 4.57. The Balaban J connectivity index is 1.60. The molecule has 1 aliphatic heterocycles. The van der Waals surface area contributed by atoms with Crippen LogP contribution in [0, 0.1) is 6.92 Å². The van der Waals surface area contributed by atoms with Crippen molar-refractivity contribution in [2.24, 2.45) is 0 Å². The predicted octanol–water partition coefficient (Wildman–Crippen LogP) is 3.10. The number of aryl methyl sites for hydroxylation is 2. The molecule has 128 valence electrons. The van der Waals surface area contributed by atoms with Gasteiger partial charge in [0, 0.05) is 30.4 Å². The summed E-state index contributed by atoms with van der Waals surface area (Å²) >= 11 is 1.63. The molecule has 1 saturated heterocycles. The minimum atomic E-state index is 0.218. The van der Waals surface area contributed by atoms with Crippen molar-refractivity contribution >= 4 is 17.7 Å². The van der Waals surface area contributed by atoms with Gasteiger partial charge in [0.2, 0.25) is 5.91 Å². The second-order valence-corrected chi connectivity index (χ2v) is 7.23. The molecule has 2 heterocycles. The van der Waals surface area contributed by atoms with Gasteiger partial charge in [-0.25, -0.2) is 0 Å². The lowest BCUT2D eigenvalue weighted by molar-refractivity contribution is -0.129. The Morgan fingerprint density at radius 1 is 1.38 bits per heavy atom. The molecule has 0 spiro atoms. The van der Waals surface area contributed by atoms with Crippen molar-refractivity contribution in [3.63, 3.8) is 0 Å². The zero-order valence-corrected chi connectivity index (χ0v) is 15.1. The van der Waals surface area contributed by atoms with Gasteiger partial charge in [-0.15, -0.1) is 22.0 Å². The number of hydrogen-bond acceptors (Lipinski definition) is 4. The van der Waals surface area contributed by atoms with Crippen LogP contribution in [0.2, 0.25) is 0 Å². The van der Waals surface area contributed by atoms with Crippen molar-refractivity contribution in [3.05, 3.63) is 42.0 Å². The first-order valence-corrected chi connectivity index (χ1v) is 9.51. The molecule has 3 rings (SSSR count). The van der Waals surface area contributed by atoms with Crippen molar-refractivity contribution in [2.45, 2.75) is 44.0 Å². The molecule has 0 bridgehead atoms. The normalized spacial score (nSPS) is 17.9. The van der Waals surface area contributed by atoms with Gasteiger partial charge in [-0.05, 0) is 38.3 Å². The Bertz CT molecular complexity index is 700. The van der Waals surface area contributed by atoms with Crippen molar-refractivity contribution in [1.82, 2.24) is 19.7 Å². The van der Waals surface area contributed by atoms with Crippen LogP contribution in [0.1, 0.15) is 37.1 Å². The van der Waals surface area contributed by atoms with E-state index in [-0.39, 0.29) is 5.91 Å². The number of aromatic nitrogens is 3. The molecule has 24 heavy (non-hydrogen) atoms. The number of likely N-dealkylation sites (tertiary alicyclic amines) is 1. The molecule has 1 amide bonds. The van der Waals surface area contributed by atoms with Crippen LogP contribution in [-0.4, -0.2) is 44.4 Å². The number of nitrogens with zero attached hydrogens (tertiary/aromatic N) is 4. The maximum atomic E-state index is 12.6. The van der Waals surface area contributed by atoms with Gasteiger partial charge in [0.05, 0.1) is 5.75 Å². The zero-order chi connectivity index (χ0) is 16.9. The highest BCUT2D eigenvalue weighted by Crippen LogP contribution is 2.27. The van der Waals surface area contributed by atoms with E-state index in [1.807, 2.05) is 17.0 Å². The fraction of sp³-hybridized carbons (Fsp3) is 0.500. The summed E-state index contributed by atoms with van der Waals surface area (Å²) in [5.41, 5.74) is 1.22. The SMILES string of the molecule is CCn1cnnc1[C@H]1CCCN(C(=O)CSc2ccccc2C)C1. The highest BCUT2D eigenvalue weighted by Gasteiger charge is 2.27. The molecule has 1 atom stereocenters. The van der Waals surface area contributed by atoms with Crippen LogP contribution in [0.3, 0.4) is 0 Å². The number of benzene rings is 1.